The molecule has 0 amide bonds. The topological polar surface area (TPSA) is 93.6 Å². The van der Waals surface area contributed by atoms with Crippen molar-refractivity contribution in [3.8, 4) is 11.3 Å². The van der Waals surface area contributed by atoms with Crippen LogP contribution in [0, 0.1) is 17.0 Å². The SMILES string of the molecule is Cc1ccc(/C=N\Nc2nc(-c3ccc([N+](=O)[O-])cc3)cs2)o1. The molecule has 0 spiro atoms. The van der Waals surface area contributed by atoms with Crippen molar-refractivity contribution in [2.75, 3.05) is 5.43 Å². The number of thiazole rings is 1. The molecule has 0 saturated heterocycles. The molecule has 0 aliphatic rings. The van der Waals surface area contributed by atoms with Crippen LogP contribution < -0.4 is 5.43 Å². The normalized spacial score (nSPS) is 11.0. The van der Waals surface area contributed by atoms with Gasteiger partial charge in [-0.05, 0) is 31.2 Å². The highest BCUT2D eigenvalue weighted by atomic mass is 32.1. The molecule has 3 rings (SSSR count). The molecule has 1 N–H and O–H groups in total. The maximum atomic E-state index is 10.6. The Balaban J connectivity index is 1.68. The molecular formula is C15H12N4O3S. The second-order valence-corrected chi connectivity index (χ2v) is 5.52. The van der Waals surface area contributed by atoms with Gasteiger partial charge in [-0.3, -0.25) is 15.5 Å². The Bertz CT molecular complexity index is 852. The first-order chi connectivity index (χ1) is 11.1. The van der Waals surface area contributed by atoms with Crippen LogP contribution >= 0.6 is 11.3 Å². The predicted octanol–water partition coefficient (Wildman–Crippen LogP) is 4.07. The minimum Gasteiger partial charge on any atom is -0.460 e. The van der Waals surface area contributed by atoms with Crippen molar-refractivity contribution in [3.63, 3.8) is 0 Å². The summed E-state index contributed by atoms with van der Waals surface area (Å²) in [6, 6.07) is 9.94. The smallest absolute Gasteiger partial charge is 0.269 e. The van der Waals surface area contributed by atoms with Gasteiger partial charge in [-0.25, -0.2) is 4.98 Å². The Morgan fingerprint density at radius 2 is 2.09 bits per heavy atom. The molecule has 116 valence electrons. The number of aromatic nitrogens is 1. The van der Waals surface area contributed by atoms with E-state index in [1.165, 1.54) is 23.5 Å². The van der Waals surface area contributed by atoms with Crippen LogP contribution in [0.4, 0.5) is 10.8 Å². The zero-order valence-corrected chi connectivity index (χ0v) is 12.9. The number of non-ortho nitro benzene ring substituents is 1. The van der Waals surface area contributed by atoms with Gasteiger partial charge < -0.3 is 4.42 Å². The fourth-order valence-electron chi connectivity index (χ4n) is 1.89. The largest absolute Gasteiger partial charge is 0.460 e. The van der Waals surface area contributed by atoms with Crippen LogP contribution in [0.25, 0.3) is 11.3 Å². The first-order valence-electron chi connectivity index (χ1n) is 6.68. The Labute approximate surface area is 135 Å². The maximum Gasteiger partial charge on any atom is 0.269 e. The van der Waals surface area contributed by atoms with Gasteiger partial charge in [0.1, 0.15) is 11.5 Å². The van der Waals surface area contributed by atoms with E-state index in [0.717, 1.165) is 17.0 Å². The third kappa shape index (κ3) is 3.61. The summed E-state index contributed by atoms with van der Waals surface area (Å²) in [4.78, 5) is 14.6. The standard InChI is InChI=1S/C15H12N4O3S/c1-10-2-7-13(22-10)8-16-18-15-17-14(9-23-15)11-3-5-12(6-4-11)19(20)21/h2-9H,1H3,(H,17,18)/b16-8-. The molecule has 7 nitrogen and oxygen atoms in total. The van der Waals surface area contributed by atoms with Crippen LogP contribution in [0.1, 0.15) is 11.5 Å². The molecule has 0 unspecified atom stereocenters. The lowest BCUT2D eigenvalue weighted by Crippen LogP contribution is -1.89. The number of furan rings is 1. The average molecular weight is 328 g/mol. The number of hydrogen-bond acceptors (Lipinski definition) is 7. The molecule has 1 aromatic carbocycles. The number of benzene rings is 1. The second-order valence-electron chi connectivity index (χ2n) is 4.66. The van der Waals surface area contributed by atoms with Crippen molar-refractivity contribution in [3.05, 3.63) is 63.4 Å². The molecular weight excluding hydrogens is 316 g/mol. The van der Waals surface area contributed by atoms with Crippen LogP contribution in [-0.4, -0.2) is 16.1 Å². The van der Waals surface area contributed by atoms with E-state index in [2.05, 4.69) is 15.5 Å². The van der Waals surface area contributed by atoms with Gasteiger partial charge >= 0.3 is 0 Å². The van der Waals surface area contributed by atoms with E-state index in [4.69, 9.17) is 4.42 Å². The van der Waals surface area contributed by atoms with Crippen molar-refractivity contribution in [2.24, 2.45) is 5.10 Å². The van der Waals surface area contributed by atoms with Crippen LogP contribution in [-0.2, 0) is 0 Å². The van der Waals surface area contributed by atoms with Gasteiger partial charge in [-0.1, -0.05) is 0 Å². The molecule has 8 heteroatoms. The summed E-state index contributed by atoms with van der Waals surface area (Å²) in [7, 11) is 0. The van der Waals surface area contributed by atoms with Crippen molar-refractivity contribution < 1.29 is 9.34 Å². The van der Waals surface area contributed by atoms with E-state index in [1.54, 1.807) is 18.3 Å². The van der Waals surface area contributed by atoms with Crippen molar-refractivity contribution in [1.29, 1.82) is 0 Å². The second kappa shape index (κ2) is 6.41. The molecule has 23 heavy (non-hydrogen) atoms. The fraction of sp³-hybridized carbons (Fsp3) is 0.0667. The van der Waals surface area contributed by atoms with E-state index >= 15 is 0 Å². The van der Waals surface area contributed by atoms with Crippen molar-refractivity contribution >= 4 is 28.4 Å². The highest BCUT2D eigenvalue weighted by molar-refractivity contribution is 7.14. The Hall–Kier alpha value is -3.00. The molecule has 0 aliphatic heterocycles. The number of aryl methyl sites for hydroxylation is 1. The van der Waals surface area contributed by atoms with Crippen molar-refractivity contribution in [2.45, 2.75) is 6.92 Å². The van der Waals surface area contributed by atoms with E-state index < -0.39 is 4.92 Å². The van der Waals surface area contributed by atoms with Gasteiger partial charge in [-0.15, -0.1) is 11.3 Å². The molecule has 0 atom stereocenters. The lowest BCUT2D eigenvalue weighted by Gasteiger charge is -1.96. The van der Waals surface area contributed by atoms with Crippen molar-refractivity contribution in [1.82, 2.24) is 4.98 Å². The Kier molecular flexibility index (Phi) is 4.15. The van der Waals surface area contributed by atoms with Gasteiger partial charge in [-0.2, -0.15) is 5.10 Å². The average Bonchev–Trinajstić information content (AvgIpc) is 3.17. The molecule has 2 heterocycles. The lowest BCUT2D eigenvalue weighted by molar-refractivity contribution is -0.384. The van der Waals surface area contributed by atoms with E-state index in [0.29, 0.717) is 10.9 Å². The summed E-state index contributed by atoms with van der Waals surface area (Å²) in [6.45, 7) is 1.86. The third-order valence-electron chi connectivity index (χ3n) is 2.99. The number of nitrogens with zero attached hydrogens (tertiary/aromatic N) is 3. The number of hydrazone groups is 1. The maximum absolute atomic E-state index is 10.6. The zero-order valence-electron chi connectivity index (χ0n) is 12.1. The first-order valence-corrected chi connectivity index (χ1v) is 7.55. The quantitative estimate of drug-likeness (QED) is 0.433. The summed E-state index contributed by atoms with van der Waals surface area (Å²) in [5, 5.41) is 17.2. The molecule has 0 aliphatic carbocycles. The van der Waals surface area contributed by atoms with E-state index in [9.17, 15) is 10.1 Å². The number of anilines is 1. The van der Waals surface area contributed by atoms with E-state index in [-0.39, 0.29) is 5.69 Å². The van der Waals surface area contributed by atoms with Crippen LogP contribution in [0.3, 0.4) is 0 Å². The number of nitro groups is 1. The lowest BCUT2D eigenvalue weighted by atomic mass is 10.1. The van der Waals surface area contributed by atoms with Gasteiger partial charge in [0.2, 0.25) is 5.13 Å². The first kappa shape index (κ1) is 14.9. The minimum atomic E-state index is -0.428. The Morgan fingerprint density at radius 1 is 1.30 bits per heavy atom. The van der Waals surface area contributed by atoms with Crippen LogP contribution in [0.2, 0.25) is 0 Å². The summed E-state index contributed by atoms with van der Waals surface area (Å²) >= 11 is 1.39. The predicted molar refractivity (Wildman–Crippen MR) is 88.9 cm³/mol. The summed E-state index contributed by atoms with van der Waals surface area (Å²) < 4.78 is 5.37. The highest BCUT2D eigenvalue weighted by Gasteiger charge is 2.08. The molecule has 3 aromatic rings. The summed E-state index contributed by atoms with van der Waals surface area (Å²) in [5.74, 6) is 1.48. The molecule has 0 saturated carbocycles. The van der Waals surface area contributed by atoms with Gasteiger partial charge in [0.15, 0.2) is 0 Å². The molecule has 0 bridgehead atoms. The van der Waals surface area contributed by atoms with E-state index in [1.807, 2.05) is 24.4 Å². The number of rotatable bonds is 5. The summed E-state index contributed by atoms with van der Waals surface area (Å²) in [5.41, 5.74) is 4.43. The van der Waals surface area contributed by atoms with Gasteiger partial charge in [0.25, 0.3) is 5.69 Å². The zero-order chi connectivity index (χ0) is 16.2. The highest BCUT2D eigenvalue weighted by Crippen LogP contribution is 2.26. The van der Waals surface area contributed by atoms with Crippen LogP contribution in [0.5, 0.6) is 0 Å². The summed E-state index contributed by atoms with van der Waals surface area (Å²) in [6.07, 6.45) is 1.57. The number of hydrogen-bond donors (Lipinski definition) is 1. The van der Waals surface area contributed by atoms with Gasteiger partial charge in [0, 0.05) is 23.1 Å². The Morgan fingerprint density at radius 3 is 2.74 bits per heavy atom. The monoisotopic (exact) mass is 328 g/mol. The van der Waals surface area contributed by atoms with Crippen LogP contribution in [0.15, 0.2) is 51.3 Å². The van der Waals surface area contributed by atoms with Gasteiger partial charge in [0.05, 0.1) is 16.8 Å². The number of nitrogens with one attached hydrogen (secondary N) is 1. The fourth-order valence-corrected chi connectivity index (χ4v) is 2.55. The number of nitro benzene ring substituents is 1. The third-order valence-corrected chi connectivity index (χ3v) is 3.74. The minimum absolute atomic E-state index is 0.0562. The molecule has 0 fully saturated rings. The molecule has 0 radical (unpaired) electrons. The molecule has 2 aromatic heterocycles.